The number of aliphatic hydroxyl groups excluding tert-OH is 1. The van der Waals surface area contributed by atoms with Crippen LogP contribution >= 0.6 is 0 Å². The zero-order chi connectivity index (χ0) is 18.1. The maximum absolute atomic E-state index is 13.0. The minimum absolute atomic E-state index is 0.00675. The van der Waals surface area contributed by atoms with Gasteiger partial charge in [0.2, 0.25) is 0 Å². The molecule has 4 rings (SSSR count). The highest BCUT2D eigenvalue weighted by Gasteiger charge is 2.44. The van der Waals surface area contributed by atoms with Gasteiger partial charge in [0, 0.05) is 31.0 Å². The molecule has 4 atom stereocenters. The second-order valence-corrected chi connectivity index (χ2v) is 7.12. The Labute approximate surface area is 151 Å². The Bertz CT molecular complexity index is 768. The molecule has 136 valence electrons. The van der Waals surface area contributed by atoms with Gasteiger partial charge >= 0.3 is 0 Å². The number of amides is 1. The summed E-state index contributed by atoms with van der Waals surface area (Å²) in [4.78, 5) is 18.5. The standard InChI is InChI=1S/C20H21FN2O3/c21-16-1-3-17(4-2-16)26-19-10-15-12-23(11-14(15)9-18(19)24)20(25)13-5-7-22-8-6-13/h1-8,14-15,18-19,24H,9-12H2/t14-,15+,18+,19+/m0/s1. The van der Waals surface area contributed by atoms with E-state index in [1.54, 1.807) is 36.7 Å². The molecule has 26 heavy (non-hydrogen) atoms. The summed E-state index contributed by atoms with van der Waals surface area (Å²) in [5.74, 6) is 0.824. The van der Waals surface area contributed by atoms with Crippen molar-refractivity contribution in [2.45, 2.75) is 25.0 Å². The quantitative estimate of drug-likeness (QED) is 0.918. The Morgan fingerprint density at radius 3 is 2.42 bits per heavy atom. The Hall–Kier alpha value is -2.47. The average Bonchev–Trinajstić information content (AvgIpc) is 3.06. The number of nitrogens with zero attached hydrogens (tertiary/aromatic N) is 2. The van der Waals surface area contributed by atoms with Crippen molar-refractivity contribution in [3.05, 3.63) is 60.2 Å². The van der Waals surface area contributed by atoms with Crippen LogP contribution in [0.1, 0.15) is 23.2 Å². The molecular weight excluding hydrogens is 335 g/mol. The van der Waals surface area contributed by atoms with E-state index in [9.17, 15) is 14.3 Å². The molecule has 0 spiro atoms. The maximum Gasteiger partial charge on any atom is 0.253 e. The van der Waals surface area contributed by atoms with Gasteiger partial charge in [0.25, 0.3) is 5.91 Å². The van der Waals surface area contributed by atoms with Crippen LogP contribution in [0.25, 0.3) is 0 Å². The summed E-state index contributed by atoms with van der Waals surface area (Å²) in [6, 6.07) is 9.28. The van der Waals surface area contributed by atoms with Crippen molar-refractivity contribution in [2.24, 2.45) is 11.8 Å². The largest absolute Gasteiger partial charge is 0.488 e. The van der Waals surface area contributed by atoms with E-state index in [-0.39, 0.29) is 23.7 Å². The van der Waals surface area contributed by atoms with Crippen LogP contribution in [0.4, 0.5) is 4.39 Å². The van der Waals surface area contributed by atoms with Gasteiger partial charge in [-0.1, -0.05) is 0 Å². The lowest BCUT2D eigenvalue weighted by molar-refractivity contribution is -0.0231. The molecule has 2 aromatic rings. The lowest BCUT2D eigenvalue weighted by atomic mass is 9.78. The number of likely N-dealkylation sites (tertiary alicyclic amines) is 1. The van der Waals surface area contributed by atoms with Gasteiger partial charge in [-0.3, -0.25) is 9.78 Å². The third-order valence-corrected chi connectivity index (χ3v) is 5.40. The molecule has 2 aliphatic rings. The molecule has 1 saturated heterocycles. The second-order valence-electron chi connectivity index (χ2n) is 7.12. The number of aromatic nitrogens is 1. The Morgan fingerprint density at radius 1 is 1.08 bits per heavy atom. The summed E-state index contributed by atoms with van der Waals surface area (Å²) in [6.45, 7) is 1.33. The summed E-state index contributed by atoms with van der Waals surface area (Å²) in [5, 5.41) is 10.5. The van der Waals surface area contributed by atoms with Gasteiger partial charge in [-0.25, -0.2) is 4.39 Å². The van der Waals surface area contributed by atoms with Crippen LogP contribution in [0.15, 0.2) is 48.8 Å². The fraction of sp³-hybridized carbons (Fsp3) is 0.400. The van der Waals surface area contributed by atoms with Gasteiger partial charge in [-0.05, 0) is 61.1 Å². The van der Waals surface area contributed by atoms with Crippen LogP contribution in [-0.2, 0) is 0 Å². The van der Waals surface area contributed by atoms with Gasteiger partial charge in [0.15, 0.2) is 0 Å². The summed E-state index contributed by atoms with van der Waals surface area (Å²) in [7, 11) is 0. The molecule has 6 heteroatoms. The number of hydrogen-bond acceptors (Lipinski definition) is 4. The zero-order valence-corrected chi connectivity index (χ0v) is 14.3. The Morgan fingerprint density at radius 2 is 1.73 bits per heavy atom. The van der Waals surface area contributed by atoms with Crippen molar-refractivity contribution in [1.29, 1.82) is 0 Å². The molecule has 0 radical (unpaired) electrons. The first-order valence-electron chi connectivity index (χ1n) is 8.90. The number of pyridine rings is 1. The number of hydrogen-bond donors (Lipinski definition) is 1. The zero-order valence-electron chi connectivity index (χ0n) is 14.3. The highest BCUT2D eigenvalue weighted by Crippen LogP contribution is 2.38. The van der Waals surface area contributed by atoms with Gasteiger partial charge in [0.05, 0.1) is 6.10 Å². The normalized spacial score (nSPS) is 27.8. The van der Waals surface area contributed by atoms with Crippen molar-refractivity contribution in [3.63, 3.8) is 0 Å². The average molecular weight is 356 g/mol. The van der Waals surface area contributed by atoms with Crippen LogP contribution < -0.4 is 4.74 Å². The highest BCUT2D eigenvalue weighted by atomic mass is 19.1. The first-order chi connectivity index (χ1) is 12.6. The number of aliphatic hydroxyl groups is 1. The molecule has 1 aliphatic heterocycles. The van der Waals surface area contributed by atoms with Gasteiger partial charge in [-0.2, -0.15) is 0 Å². The predicted molar refractivity (Wildman–Crippen MR) is 93.2 cm³/mol. The van der Waals surface area contributed by atoms with Crippen molar-refractivity contribution < 1.29 is 19.0 Å². The van der Waals surface area contributed by atoms with Crippen LogP contribution in [0.5, 0.6) is 5.75 Å². The van der Waals surface area contributed by atoms with Crippen LogP contribution in [0.2, 0.25) is 0 Å². The molecule has 5 nitrogen and oxygen atoms in total. The molecule has 1 aromatic carbocycles. The third-order valence-electron chi connectivity index (χ3n) is 5.40. The van der Waals surface area contributed by atoms with Crippen molar-refractivity contribution in [3.8, 4) is 5.75 Å². The molecule has 0 unspecified atom stereocenters. The van der Waals surface area contributed by atoms with E-state index >= 15 is 0 Å². The highest BCUT2D eigenvalue weighted by molar-refractivity contribution is 5.94. The van der Waals surface area contributed by atoms with Gasteiger partial charge < -0.3 is 14.7 Å². The molecule has 0 bridgehead atoms. The Kier molecular flexibility index (Phi) is 4.59. The number of carbonyl (C=O) groups is 1. The number of ether oxygens (including phenoxy) is 1. The fourth-order valence-electron chi connectivity index (χ4n) is 4.05. The monoisotopic (exact) mass is 356 g/mol. The number of halogens is 1. The van der Waals surface area contributed by atoms with E-state index in [1.165, 1.54) is 12.1 Å². The minimum atomic E-state index is -0.586. The summed E-state index contributed by atoms with van der Waals surface area (Å²) < 4.78 is 18.9. The Balaban J connectivity index is 1.42. The molecule has 1 N–H and O–H groups in total. The smallest absolute Gasteiger partial charge is 0.253 e. The molecular formula is C20H21FN2O3. The number of fused-ring (bicyclic) bond motifs is 1. The molecule has 1 amide bonds. The molecule has 1 aromatic heterocycles. The summed E-state index contributed by atoms with van der Waals surface area (Å²) in [6.07, 6.45) is 3.61. The van der Waals surface area contributed by atoms with E-state index in [1.807, 2.05) is 4.90 Å². The second kappa shape index (κ2) is 7.03. The van der Waals surface area contributed by atoms with Crippen molar-refractivity contribution >= 4 is 5.91 Å². The van der Waals surface area contributed by atoms with E-state index in [4.69, 9.17) is 4.74 Å². The SMILES string of the molecule is O=C(c1ccncc1)N1C[C@H]2C[C@@H](Oc3ccc(F)cc3)[C@H](O)C[C@H]2C1. The summed E-state index contributed by atoms with van der Waals surface area (Å²) >= 11 is 0. The van der Waals surface area contributed by atoms with E-state index < -0.39 is 6.10 Å². The van der Waals surface area contributed by atoms with Crippen molar-refractivity contribution in [1.82, 2.24) is 9.88 Å². The fourth-order valence-corrected chi connectivity index (χ4v) is 4.05. The number of benzene rings is 1. The van der Waals surface area contributed by atoms with Crippen LogP contribution in [0, 0.1) is 17.7 Å². The van der Waals surface area contributed by atoms with Gasteiger partial charge in [0.1, 0.15) is 17.7 Å². The first-order valence-corrected chi connectivity index (χ1v) is 8.90. The topological polar surface area (TPSA) is 62.7 Å². The van der Waals surface area contributed by atoms with E-state index in [2.05, 4.69) is 4.98 Å². The van der Waals surface area contributed by atoms with E-state index in [0.29, 0.717) is 43.2 Å². The lowest BCUT2D eigenvalue weighted by Crippen LogP contribution is -2.42. The van der Waals surface area contributed by atoms with E-state index in [0.717, 1.165) is 0 Å². The third kappa shape index (κ3) is 3.42. The predicted octanol–water partition coefficient (Wildman–Crippen LogP) is 2.51. The summed E-state index contributed by atoms with van der Waals surface area (Å²) in [5.41, 5.74) is 0.637. The molecule has 1 aliphatic carbocycles. The van der Waals surface area contributed by atoms with Crippen LogP contribution in [-0.4, -0.2) is 46.2 Å². The first kappa shape index (κ1) is 17.0. The lowest BCUT2D eigenvalue weighted by Gasteiger charge is -2.35. The van der Waals surface area contributed by atoms with Crippen molar-refractivity contribution in [2.75, 3.05) is 13.1 Å². The molecule has 2 heterocycles. The minimum Gasteiger partial charge on any atom is -0.488 e. The number of carbonyl (C=O) groups excluding carboxylic acids is 1. The number of rotatable bonds is 3. The van der Waals surface area contributed by atoms with Crippen LogP contribution in [0.3, 0.4) is 0 Å². The maximum atomic E-state index is 13.0. The molecule has 1 saturated carbocycles. The van der Waals surface area contributed by atoms with Gasteiger partial charge in [-0.15, -0.1) is 0 Å². The molecule has 2 fully saturated rings.